The number of likely N-dealkylation sites (tertiary alicyclic amines) is 1. The van der Waals surface area contributed by atoms with E-state index in [1.165, 1.54) is 18.4 Å². The number of amides is 1. The molecule has 1 unspecified atom stereocenters. The Balaban J connectivity index is 0.00000118. The minimum Gasteiger partial charge on any atom is -0.376 e. The van der Waals surface area contributed by atoms with E-state index in [-0.39, 0.29) is 18.4 Å². The molecular weight excluding hydrogens is 470 g/mol. The summed E-state index contributed by atoms with van der Waals surface area (Å²) in [5, 5.41) is 15.7. The summed E-state index contributed by atoms with van der Waals surface area (Å²) in [5.74, 6) is 3.62. The molecule has 2 fully saturated rings. The van der Waals surface area contributed by atoms with Gasteiger partial charge in [0.1, 0.15) is 5.84 Å². The fourth-order valence-electron chi connectivity index (χ4n) is 4.97. The van der Waals surface area contributed by atoms with Gasteiger partial charge in [-0.25, -0.2) is 4.99 Å². The lowest BCUT2D eigenvalue weighted by Gasteiger charge is -2.29. The number of amidine groups is 1. The largest absolute Gasteiger partial charge is 0.376 e. The molecule has 0 aromatic rings. The first-order valence-electron chi connectivity index (χ1n) is 14.7. The van der Waals surface area contributed by atoms with Crippen molar-refractivity contribution in [3.8, 4) is 6.07 Å². The Morgan fingerprint density at radius 3 is 2.34 bits per heavy atom. The smallest absolute Gasteiger partial charge is 0.241 e. The van der Waals surface area contributed by atoms with Crippen molar-refractivity contribution in [1.82, 2.24) is 15.5 Å². The number of allylic oxidation sites excluding steroid dienone is 3. The molecule has 38 heavy (non-hydrogen) atoms. The molecule has 1 saturated heterocycles. The number of nitrogens with zero attached hydrogens (tertiary/aromatic N) is 3. The van der Waals surface area contributed by atoms with Crippen molar-refractivity contribution in [3.63, 3.8) is 0 Å². The monoisotopic (exact) mass is 521 g/mol. The van der Waals surface area contributed by atoms with E-state index >= 15 is 0 Å². The molecule has 1 saturated carbocycles. The maximum atomic E-state index is 12.7. The first kappa shape index (κ1) is 31.4. The summed E-state index contributed by atoms with van der Waals surface area (Å²) >= 11 is 0. The Morgan fingerprint density at radius 2 is 1.84 bits per heavy atom. The summed E-state index contributed by atoms with van der Waals surface area (Å²) < 4.78 is 0. The van der Waals surface area contributed by atoms with Crippen molar-refractivity contribution >= 4 is 11.7 Å². The Morgan fingerprint density at radius 1 is 1.21 bits per heavy atom. The number of hydrogen-bond acceptors (Lipinski definition) is 4. The molecule has 210 valence electrons. The SMILES string of the molecule is C=C1C(/C(=C\CC)NCC(=O)N2CCC(C#N)CC2)=CNC1=N/C=C(/C1CC1)C(CC)C(C)C.CC(C)C. The van der Waals surface area contributed by atoms with Crippen LogP contribution in [0.3, 0.4) is 0 Å². The van der Waals surface area contributed by atoms with Gasteiger partial charge in [-0.1, -0.05) is 61.1 Å². The number of carbonyl (C=O) groups is 1. The Bertz CT molecular complexity index is 964. The zero-order chi connectivity index (χ0) is 28.2. The van der Waals surface area contributed by atoms with Crippen LogP contribution in [0.15, 0.2) is 52.5 Å². The number of nitriles is 1. The topological polar surface area (TPSA) is 80.5 Å². The third kappa shape index (κ3) is 9.49. The highest BCUT2D eigenvalue weighted by Gasteiger charge is 2.32. The molecule has 0 spiro atoms. The van der Waals surface area contributed by atoms with Crippen LogP contribution in [0.5, 0.6) is 0 Å². The second-order valence-electron chi connectivity index (χ2n) is 11.7. The molecule has 0 aromatic heterocycles. The summed E-state index contributed by atoms with van der Waals surface area (Å²) in [4.78, 5) is 19.4. The van der Waals surface area contributed by atoms with Crippen LogP contribution in [0.1, 0.15) is 87.0 Å². The van der Waals surface area contributed by atoms with Gasteiger partial charge in [0.25, 0.3) is 0 Å². The molecule has 3 rings (SSSR count). The van der Waals surface area contributed by atoms with Crippen molar-refractivity contribution in [2.45, 2.75) is 87.0 Å². The molecule has 0 radical (unpaired) electrons. The molecule has 3 aliphatic rings. The van der Waals surface area contributed by atoms with Crippen LogP contribution in [0, 0.1) is 40.9 Å². The fourth-order valence-corrected chi connectivity index (χ4v) is 4.97. The zero-order valence-corrected chi connectivity index (χ0v) is 24.9. The predicted octanol–water partition coefficient (Wildman–Crippen LogP) is 6.71. The first-order chi connectivity index (χ1) is 18.1. The second-order valence-corrected chi connectivity index (χ2v) is 11.7. The molecule has 1 atom stereocenters. The third-order valence-electron chi connectivity index (χ3n) is 7.19. The summed E-state index contributed by atoms with van der Waals surface area (Å²) in [6, 6.07) is 2.32. The highest BCUT2D eigenvalue weighted by Crippen LogP contribution is 2.43. The van der Waals surface area contributed by atoms with E-state index in [1.54, 1.807) is 0 Å². The Hall–Kier alpha value is -2.81. The van der Waals surface area contributed by atoms with Crippen LogP contribution in [-0.2, 0) is 4.79 Å². The number of aliphatic imine (C=N–C) groups is 1. The van der Waals surface area contributed by atoms with Gasteiger partial charge in [0, 0.05) is 48.3 Å². The van der Waals surface area contributed by atoms with E-state index in [4.69, 9.17) is 10.3 Å². The van der Waals surface area contributed by atoms with E-state index in [2.05, 4.69) is 84.0 Å². The Kier molecular flexibility index (Phi) is 12.9. The van der Waals surface area contributed by atoms with Gasteiger partial charge in [-0.15, -0.1) is 0 Å². The number of carbonyl (C=O) groups excluding carboxylic acids is 1. The van der Waals surface area contributed by atoms with Crippen LogP contribution < -0.4 is 10.6 Å². The molecule has 2 aliphatic heterocycles. The minimum atomic E-state index is 0.0701. The molecule has 1 aliphatic carbocycles. The van der Waals surface area contributed by atoms with E-state index in [1.807, 2.05) is 11.1 Å². The van der Waals surface area contributed by atoms with Gasteiger partial charge in [-0.3, -0.25) is 4.79 Å². The first-order valence-corrected chi connectivity index (χ1v) is 14.7. The normalized spacial score (nSPS) is 20.6. The molecule has 6 heteroatoms. The summed E-state index contributed by atoms with van der Waals surface area (Å²) in [6.45, 7) is 21.3. The van der Waals surface area contributed by atoms with Crippen molar-refractivity contribution in [2.24, 2.45) is 34.6 Å². The molecule has 6 nitrogen and oxygen atoms in total. The molecule has 1 amide bonds. The average Bonchev–Trinajstić information content (AvgIpc) is 3.66. The van der Waals surface area contributed by atoms with Gasteiger partial charge in [-0.2, -0.15) is 5.26 Å². The minimum absolute atomic E-state index is 0.0701. The summed E-state index contributed by atoms with van der Waals surface area (Å²) in [6.07, 6.45) is 12.2. The molecule has 0 aromatic carbocycles. The van der Waals surface area contributed by atoms with Crippen LogP contribution in [0.4, 0.5) is 0 Å². The highest BCUT2D eigenvalue weighted by atomic mass is 16.2. The highest BCUT2D eigenvalue weighted by molar-refractivity contribution is 6.06. The lowest BCUT2D eigenvalue weighted by molar-refractivity contribution is -0.131. The predicted molar refractivity (Wildman–Crippen MR) is 159 cm³/mol. The fraction of sp³-hybridized carbons (Fsp3) is 0.656. The van der Waals surface area contributed by atoms with Gasteiger partial charge in [0.15, 0.2) is 0 Å². The van der Waals surface area contributed by atoms with Crippen molar-refractivity contribution in [1.29, 1.82) is 5.26 Å². The van der Waals surface area contributed by atoms with E-state index in [0.717, 1.165) is 54.3 Å². The van der Waals surface area contributed by atoms with E-state index in [9.17, 15) is 4.79 Å². The standard InChI is InChI=1S/C28H41N5O.C4H10/c1-6-8-26(30-18-27(34)33-13-11-21(15-29)12-14-33)24-16-31-28(20(24)5)32-17-25(22-9-10-22)23(7-2)19(3)4;1-4(2)3/h8,16-17,19,21-23,30H,5-7,9-14,18H2,1-4H3,(H,31,32);4H,1-3H3/b25-17-,26-8+;. The average molecular weight is 522 g/mol. The van der Waals surface area contributed by atoms with Crippen LogP contribution in [-0.4, -0.2) is 36.3 Å². The van der Waals surface area contributed by atoms with Gasteiger partial charge >= 0.3 is 0 Å². The van der Waals surface area contributed by atoms with Crippen molar-refractivity contribution < 1.29 is 4.79 Å². The third-order valence-corrected chi connectivity index (χ3v) is 7.19. The number of nitrogens with one attached hydrogen (secondary N) is 2. The lowest BCUT2D eigenvalue weighted by atomic mass is 9.84. The molecule has 2 N–H and O–H groups in total. The Labute approximate surface area is 232 Å². The van der Waals surface area contributed by atoms with E-state index < -0.39 is 0 Å². The molecular formula is C32H51N5O. The van der Waals surface area contributed by atoms with Crippen molar-refractivity contribution in [2.75, 3.05) is 19.6 Å². The van der Waals surface area contributed by atoms with Crippen LogP contribution >= 0.6 is 0 Å². The maximum absolute atomic E-state index is 12.7. The quantitative estimate of drug-likeness (QED) is 0.335. The second kappa shape index (κ2) is 15.6. The lowest BCUT2D eigenvalue weighted by Crippen LogP contribution is -2.42. The van der Waals surface area contributed by atoms with Gasteiger partial charge in [0.05, 0.1) is 12.6 Å². The molecule has 0 bridgehead atoms. The van der Waals surface area contributed by atoms with Crippen molar-refractivity contribution in [3.05, 3.63) is 47.5 Å². The maximum Gasteiger partial charge on any atom is 0.241 e. The summed E-state index contributed by atoms with van der Waals surface area (Å²) in [5.41, 5.74) is 4.18. The van der Waals surface area contributed by atoms with Gasteiger partial charge < -0.3 is 15.5 Å². The van der Waals surface area contributed by atoms with Crippen LogP contribution in [0.25, 0.3) is 0 Å². The van der Waals surface area contributed by atoms with Crippen LogP contribution in [0.2, 0.25) is 0 Å². The van der Waals surface area contributed by atoms with Gasteiger partial charge in [0.2, 0.25) is 5.91 Å². The van der Waals surface area contributed by atoms with Gasteiger partial charge in [-0.05, 0) is 67.8 Å². The summed E-state index contributed by atoms with van der Waals surface area (Å²) in [7, 11) is 0. The van der Waals surface area contributed by atoms with E-state index in [0.29, 0.717) is 30.8 Å². The molecule has 2 heterocycles. The number of piperidine rings is 1. The zero-order valence-electron chi connectivity index (χ0n) is 24.9. The number of rotatable bonds is 10. The number of hydrogen-bond donors (Lipinski definition) is 2.